The minimum absolute atomic E-state index is 0.108. The first kappa shape index (κ1) is 18.7. The van der Waals surface area contributed by atoms with Crippen molar-refractivity contribution in [3.8, 4) is 5.75 Å². The van der Waals surface area contributed by atoms with E-state index in [2.05, 4.69) is 10.9 Å². The molecular weight excluding hydrogens is 340 g/mol. The Balaban J connectivity index is 1.91. The molecule has 7 heteroatoms. The lowest BCUT2D eigenvalue weighted by Gasteiger charge is -2.17. The Morgan fingerprint density at radius 1 is 1.04 bits per heavy atom. The van der Waals surface area contributed by atoms with Crippen LogP contribution in [0.5, 0.6) is 5.75 Å². The van der Waals surface area contributed by atoms with E-state index in [9.17, 15) is 14.4 Å². The number of thiophene rings is 1. The van der Waals surface area contributed by atoms with Crippen molar-refractivity contribution in [2.75, 3.05) is 0 Å². The molecule has 0 radical (unpaired) electrons. The predicted octanol–water partition coefficient (Wildman–Crippen LogP) is 2.80. The van der Waals surface area contributed by atoms with Crippen LogP contribution in [0.25, 0.3) is 0 Å². The topological polar surface area (TPSA) is 84.5 Å². The highest BCUT2D eigenvalue weighted by molar-refractivity contribution is 7.15. The number of nitrogens with one attached hydrogen (secondary N) is 2. The van der Waals surface area contributed by atoms with E-state index in [-0.39, 0.29) is 5.78 Å². The van der Waals surface area contributed by atoms with Crippen molar-refractivity contribution in [1.29, 1.82) is 0 Å². The molecule has 6 nitrogen and oxygen atoms in total. The number of hydrogen-bond donors (Lipinski definition) is 2. The number of carbonyl (C=O) groups is 3. The zero-order valence-corrected chi connectivity index (χ0v) is 15.3. The van der Waals surface area contributed by atoms with Crippen LogP contribution in [0.4, 0.5) is 0 Å². The van der Waals surface area contributed by atoms with Crippen molar-refractivity contribution in [2.24, 2.45) is 0 Å². The lowest BCUT2D eigenvalue weighted by Crippen LogP contribution is -2.47. The SMILES string of the molecule is CC(=O)c1ccc(C(=O)NNC(=O)[C@H](C)Oc2cccc(C)c2C)s1. The van der Waals surface area contributed by atoms with Crippen LogP contribution in [0.15, 0.2) is 30.3 Å². The molecule has 0 bridgehead atoms. The Morgan fingerprint density at radius 3 is 2.36 bits per heavy atom. The van der Waals surface area contributed by atoms with Crippen LogP contribution in [0.1, 0.15) is 44.3 Å². The largest absolute Gasteiger partial charge is 0.481 e. The number of amides is 2. The second-order valence-electron chi connectivity index (χ2n) is 5.62. The van der Waals surface area contributed by atoms with Gasteiger partial charge in [0.2, 0.25) is 0 Å². The number of benzene rings is 1. The monoisotopic (exact) mass is 360 g/mol. The maximum Gasteiger partial charge on any atom is 0.279 e. The molecule has 1 aromatic carbocycles. The minimum atomic E-state index is -0.781. The summed E-state index contributed by atoms with van der Waals surface area (Å²) in [6.45, 7) is 6.91. The number of Topliss-reactive ketones (excluding diaryl/α,β-unsaturated/α-hetero) is 1. The summed E-state index contributed by atoms with van der Waals surface area (Å²) in [4.78, 5) is 36.2. The highest BCUT2D eigenvalue weighted by Gasteiger charge is 2.18. The maximum atomic E-state index is 12.1. The number of carbonyl (C=O) groups excluding carboxylic acids is 3. The molecule has 132 valence electrons. The standard InChI is InChI=1S/C18H20N2O4S/c1-10-6-5-7-14(11(10)2)24-13(4)17(22)19-20-18(23)16-9-8-15(25-16)12(3)21/h5-9,13H,1-4H3,(H,19,22)(H,20,23)/t13-/m0/s1. The molecule has 0 aliphatic rings. The van der Waals surface area contributed by atoms with Gasteiger partial charge < -0.3 is 4.74 Å². The van der Waals surface area contributed by atoms with Gasteiger partial charge in [-0.25, -0.2) is 0 Å². The summed E-state index contributed by atoms with van der Waals surface area (Å²) < 4.78 is 5.66. The molecule has 0 fully saturated rings. The molecule has 2 aromatic rings. The van der Waals surface area contributed by atoms with Crippen molar-refractivity contribution in [3.63, 3.8) is 0 Å². The predicted molar refractivity (Wildman–Crippen MR) is 95.9 cm³/mol. The van der Waals surface area contributed by atoms with Gasteiger partial charge in [-0.1, -0.05) is 12.1 Å². The molecular formula is C18H20N2O4S. The Kier molecular flexibility index (Phi) is 5.93. The third-order valence-electron chi connectivity index (χ3n) is 3.70. The van der Waals surface area contributed by atoms with Crippen molar-refractivity contribution < 1.29 is 19.1 Å². The third-order valence-corrected chi connectivity index (χ3v) is 4.89. The van der Waals surface area contributed by atoms with Gasteiger partial charge in [-0.15, -0.1) is 11.3 Å². The summed E-state index contributed by atoms with van der Waals surface area (Å²) in [6.07, 6.45) is -0.781. The van der Waals surface area contributed by atoms with E-state index in [0.717, 1.165) is 22.5 Å². The van der Waals surface area contributed by atoms with E-state index in [1.54, 1.807) is 25.1 Å². The van der Waals surface area contributed by atoms with E-state index in [0.29, 0.717) is 15.5 Å². The van der Waals surface area contributed by atoms with E-state index in [1.807, 2.05) is 26.0 Å². The number of ketones is 1. The number of hydrazine groups is 1. The fraction of sp³-hybridized carbons (Fsp3) is 0.278. The van der Waals surface area contributed by atoms with Crippen molar-refractivity contribution in [1.82, 2.24) is 10.9 Å². The number of hydrogen-bond acceptors (Lipinski definition) is 5. The van der Waals surface area contributed by atoms with Gasteiger partial charge in [0.05, 0.1) is 9.75 Å². The summed E-state index contributed by atoms with van der Waals surface area (Å²) in [5, 5.41) is 0. The van der Waals surface area contributed by atoms with E-state index in [4.69, 9.17) is 4.74 Å². The van der Waals surface area contributed by atoms with E-state index >= 15 is 0 Å². The molecule has 2 rings (SSSR count). The molecule has 2 amide bonds. The average Bonchev–Trinajstić information content (AvgIpc) is 3.06. The zero-order chi connectivity index (χ0) is 18.6. The summed E-state index contributed by atoms with van der Waals surface area (Å²) in [6, 6.07) is 8.73. The Hall–Kier alpha value is -2.67. The summed E-state index contributed by atoms with van der Waals surface area (Å²) in [5.41, 5.74) is 6.68. The molecule has 0 spiro atoms. The highest BCUT2D eigenvalue weighted by Crippen LogP contribution is 2.21. The fourth-order valence-corrected chi connectivity index (χ4v) is 2.82. The fourth-order valence-electron chi connectivity index (χ4n) is 2.03. The van der Waals surface area contributed by atoms with Crippen molar-refractivity contribution >= 4 is 28.9 Å². The summed E-state index contributed by atoms with van der Waals surface area (Å²) in [7, 11) is 0. The van der Waals surface area contributed by atoms with Crippen LogP contribution in [0.2, 0.25) is 0 Å². The number of aryl methyl sites for hydroxylation is 1. The minimum Gasteiger partial charge on any atom is -0.481 e. The quantitative estimate of drug-likeness (QED) is 0.634. The molecule has 0 unspecified atom stereocenters. The van der Waals surface area contributed by atoms with Crippen LogP contribution in [-0.4, -0.2) is 23.7 Å². The van der Waals surface area contributed by atoms with Crippen LogP contribution < -0.4 is 15.6 Å². The molecule has 0 aliphatic carbocycles. The van der Waals surface area contributed by atoms with Gasteiger partial charge in [0.25, 0.3) is 11.8 Å². The highest BCUT2D eigenvalue weighted by atomic mass is 32.1. The molecule has 0 saturated heterocycles. The van der Waals surface area contributed by atoms with Crippen LogP contribution >= 0.6 is 11.3 Å². The molecule has 2 N–H and O–H groups in total. The second-order valence-corrected chi connectivity index (χ2v) is 6.71. The molecule has 1 heterocycles. The smallest absolute Gasteiger partial charge is 0.279 e. The van der Waals surface area contributed by atoms with Gasteiger partial charge >= 0.3 is 0 Å². The van der Waals surface area contributed by atoms with Crippen LogP contribution in [0, 0.1) is 13.8 Å². The summed E-state index contributed by atoms with van der Waals surface area (Å²) >= 11 is 1.07. The normalized spacial score (nSPS) is 11.5. The molecule has 0 aliphatic heterocycles. The lowest BCUT2D eigenvalue weighted by molar-refractivity contribution is -0.128. The Labute approximate surface area is 150 Å². The van der Waals surface area contributed by atoms with E-state index in [1.165, 1.54) is 6.92 Å². The summed E-state index contributed by atoms with van der Waals surface area (Å²) in [5.74, 6) is -0.440. The maximum absolute atomic E-state index is 12.1. The zero-order valence-electron chi connectivity index (χ0n) is 14.5. The first-order valence-corrected chi connectivity index (χ1v) is 8.55. The molecule has 25 heavy (non-hydrogen) atoms. The van der Waals surface area contributed by atoms with Gasteiger partial charge in [-0.05, 0) is 57.0 Å². The Bertz CT molecular complexity index is 813. The molecule has 0 saturated carbocycles. The Morgan fingerprint density at radius 2 is 1.72 bits per heavy atom. The lowest BCUT2D eigenvalue weighted by atomic mass is 10.1. The van der Waals surface area contributed by atoms with Crippen molar-refractivity contribution in [3.05, 3.63) is 51.2 Å². The van der Waals surface area contributed by atoms with Gasteiger partial charge in [0.15, 0.2) is 11.9 Å². The van der Waals surface area contributed by atoms with Gasteiger partial charge in [-0.3, -0.25) is 25.2 Å². The van der Waals surface area contributed by atoms with Gasteiger partial charge in [0, 0.05) is 0 Å². The third kappa shape index (κ3) is 4.67. The van der Waals surface area contributed by atoms with Gasteiger partial charge in [0.1, 0.15) is 5.75 Å². The number of rotatable bonds is 5. The number of ether oxygens (including phenoxy) is 1. The van der Waals surface area contributed by atoms with Crippen LogP contribution in [0.3, 0.4) is 0 Å². The molecule has 1 atom stereocenters. The first-order chi connectivity index (χ1) is 11.8. The molecule has 1 aromatic heterocycles. The average molecular weight is 360 g/mol. The van der Waals surface area contributed by atoms with Crippen molar-refractivity contribution in [2.45, 2.75) is 33.8 Å². The second kappa shape index (κ2) is 7.94. The first-order valence-electron chi connectivity index (χ1n) is 7.73. The van der Waals surface area contributed by atoms with Crippen LogP contribution in [-0.2, 0) is 4.79 Å². The van der Waals surface area contributed by atoms with E-state index < -0.39 is 17.9 Å². The van der Waals surface area contributed by atoms with Gasteiger partial charge in [-0.2, -0.15) is 0 Å².